The summed E-state index contributed by atoms with van der Waals surface area (Å²) in [4.78, 5) is 0. The van der Waals surface area contributed by atoms with Crippen LogP contribution >= 0.6 is 27.5 Å². The standard InChI is InChI=1S/C12H15BrClN/c1-8-7-15-5-4-10(8)11-6-9(14)2-3-12(11)13/h2-3,6,8,10,15H,4-5,7H2,1H3. The average Bonchev–Trinajstić information content (AvgIpc) is 2.23. The van der Waals surface area contributed by atoms with Crippen LogP contribution in [0.3, 0.4) is 0 Å². The summed E-state index contributed by atoms with van der Waals surface area (Å²) in [6.45, 7) is 4.50. The Hall–Kier alpha value is -0.0500. The van der Waals surface area contributed by atoms with Gasteiger partial charge in [-0.2, -0.15) is 0 Å². The van der Waals surface area contributed by atoms with E-state index in [1.54, 1.807) is 0 Å². The predicted molar refractivity (Wildman–Crippen MR) is 68.5 cm³/mol. The first-order valence-corrected chi connectivity index (χ1v) is 6.51. The Morgan fingerprint density at radius 2 is 2.27 bits per heavy atom. The van der Waals surface area contributed by atoms with Crippen molar-refractivity contribution in [2.45, 2.75) is 19.3 Å². The van der Waals surface area contributed by atoms with Crippen LogP contribution < -0.4 is 5.32 Å². The zero-order chi connectivity index (χ0) is 10.8. The number of nitrogens with one attached hydrogen (secondary N) is 1. The molecule has 0 bridgehead atoms. The van der Waals surface area contributed by atoms with Crippen LogP contribution in [0.5, 0.6) is 0 Å². The molecule has 1 fully saturated rings. The molecule has 1 aromatic rings. The Morgan fingerprint density at radius 3 is 3.00 bits per heavy atom. The van der Waals surface area contributed by atoms with Gasteiger partial charge in [0.2, 0.25) is 0 Å². The molecule has 2 unspecified atom stereocenters. The van der Waals surface area contributed by atoms with Crippen molar-refractivity contribution in [2.24, 2.45) is 5.92 Å². The molecule has 3 heteroatoms. The Balaban J connectivity index is 2.30. The Labute approximate surface area is 104 Å². The first kappa shape index (κ1) is 11.4. The molecule has 1 aliphatic heterocycles. The smallest absolute Gasteiger partial charge is 0.0409 e. The molecule has 2 rings (SSSR count). The maximum absolute atomic E-state index is 6.05. The highest BCUT2D eigenvalue weighted by atomic mass is 79.9. The predicted octanol–water partition coefficient (Wildman–Crippen LogP) is 3.82. The van der Waals surface area contributed by atoms with E-state index in [2.05, 4.69) is 34.2 Å². The lowest BCUT2D eigenvalue weighted by molar-refractivity contribution is 0.349. The molecule has 0 saturated carbocycles. The fourth-order valence-corrected chi connectivity index (χ4v) is 3.00. The minimum Gasteiger partial charge on any atom is -0.316 e. The number of piperidine rings is 1. The highest BCUT2D eigenvalue weighted by Crippen LogP contribution is 2.35. The summed E-state index contributed by atoms with van der Waals surface area (Å²) in [5.41, 5.74) is 1.36. The summed E-state index contributed by atoms with van der Waals surface area (Å²) >= 11 is 9.66. The first-order valence-electron chi connectivity index (χ1n) is 5.34. The van der Waals surface area contributed by atoms with Crippen LogP contribution in [0, 0.1) is 5.92 Å². The molecular weight excluding hydrogens is 273 g/mol. The van der Waals surface area contributed by atoms with E-state index in [-0.39, 0.29) is 0 Å². The summed E-state index contributed by atoms with van der Waals surface area (Å²) in [5, 5.41) is 4.25. The van der Waals surface area contributed by atoms with Crippen LogP contribution in [0.4, 0.5) is 0 Å². The Bertz CT molecular complexity index is 353. The zero-order valence-electron chi connectivity index (χ0n) is 8.76. The van der Waals surface area contributed by atoms with Crippen molar-refractivity contribution in [2.75, 3.05) is 13.1 Å². The second-order valence-electron chi connectivity index (χ2n) is 4.24. The van der Waals surface area contributed by atoms with Gasteiger partial charge in [0.1, 0.15) is 0 Å². The first-order chi connectivity index (χ1) is 7.18. The van der Waals surface area contributed by atoms with Gasteiger partial charge in [-0.3, -0.25) is 0 Å². The van der Waals surface area contributed by atoms with Gasteiger partial charge in [0, 0.05) is 9.50 Å². The summed E-state index contributed by atoms with van der Waals surface area (Å²) in [5.74, 6) is 1.30. The van der Waals surface area contributed by atoms with Crippen LogP contribution in [0.2, 0.25) is 5.02 Å². The van der Waals surface area contributed by atoms with E-state index in [9.17, 15) is 0 Å². The van der Waals surface area contributed by atoms with Crippen LogP contribution in [-0.2, 0) is 0 Å². The van der Waals surface area contributed by atoms with E-state index < -0.39 is 0 Å². The topological polar surface area (TPSA) is 12.0 Å². The fourth-order valence-electron chi connectivity index (χ4n) is 2.27. The lowest BCUT2D eigenvalue weighted by atomic mass is 9.82. The number of hydrogen-bond donors (Lipinski definition) is 1. The largest absolute Gasteiger partial charge is 0.316 e. The molecule has 1 nitrogen and oxygen atoms in total. The van der Waals surface area contributed by atoms with Gasteiger partial charge in [0.15, 0.2) is 0 Å². The minimum atomic E-state index is 0.624. The van der Waals surface area contributed by atoms with Gasteiger partial charge >= 0.3 is 0 Å². The van der Waals surface area contributed by atoms with Crippen molar-refractivity contribution in [3.05, 3.63) is 33.3 Å². The van der Waals surface area contributed by atoms with Gasteiger partial charge in [-0.25, -0.2) is 0 Å². The van der Waals surface area contributed by atoms with E-state index in [0.717, 1.165) is 18.1 Å². The monoisotopic (exact) mass is 287 g/mol. The molecule has 2 atom stereocenters. The molecule has 15 heavy (non-hydrogen) atoms. The van der Waals surface area contributed by atoms with Crippen molar-refractivity contribution in [1.82, 2.24) is 5.32 Å². The van der Waals surface area contributed by atoms with E-state index in [0.29, 0.717) is 11.8 Å². The molecule has 1 saturated heterocycles. The third-order valence-corrected chi connectivity index (χ3v) is 4.10. The van der Waals surface area contributed by atoms with Gasteiger partial charge in [-0.05, 0) is 55.1 Å². The van der Waals surface area contributed by atoms with E-state index >= 15 is 0 Å². The van der Waals surface area contributed by atoms with Crippen molar-refractivity contribution in [3.63, 3.8) is 0 Å². The number of hydrogen-bond acceptors (Lipinski definition) is 1. The number of rotatable bonds is 1. The van der Waals surface area contributed by atoms with Gasteiger partial charge in [-0.1, -0.05) is 34.5 Å². The normalized spacial score (nSPS) is 26.6. The number of halogens is 2. The lowest BCUT2D eigenvalue weighted by Gasteiger charge is -2.30. The van der Waals surface area contributed by atoms with Crippen molar-refractivity contribution < 1.29 is 0 Å². The van der Waals surface area contributed by atoms with E-state index in [1.165, 1.54) is 16.5 Å². The third kappa shape index (κ3) is 2.55. The second-order valence-corrected chi connectivity index (χ2v) is 5.53. The lowest BCUT2D eigenvalue weighted by Crippen LogP contribution is -2.33. The Morgan fingerprint density at radius 1 is 1.47 bits per heavy atom. The molecule has 0 spiro atoms. The van der Waals surface area contributed by atoms with Crippen LogP contribution in [0.1, 0.15) is 24.8 Å². The molecule has 82 valence electrons. The molecule has 0 radical (unpaired) electrons. The summed E-state index contributed by atoms with van der Waals surface area (Å²) < 4.78 is 1.19. The van der Waals surface area contributed by atoms with Gasteiger partial charge < -0.3 is 5.32 Å². The molecule has 1 N–H and O–H groups in total. The fraction of sp³-hybridized carbons (Fsp3) is 0.500. The van der Waals surface area contributed by atoms with Crippen molar-refractivity contribution in [1.29, 1.82) is 0 Å². The maximum atomic E-state index is 6.05. The van der Waals surface area contributed by atoms with Crippen LogP contribution in [0.25, 0.3) is 0 Å². The highest BCUT2D eigenvalue weighted by molar-refractivity contribution is 9.10. The molecular formula is C12H15BrClN. The van der Waals surface area contributed by atoms with E-state index in [1.807, 2.05) is 12.1 Å². The average molecular weight is 289 g/mol. The van der Waals surface area contributed by atoms with Crippen LogP contribution in [0.15, 0.2) is 22.7 Å². The summed E-state index contributed by atoms with van der Waals surface area (Å²) in [6.07, 6.45) is 1.19. The van der Waals surface area contributed by atoms with Crippen molar-refractivity contribution >= 4 is 27.5 Å². The Kier molecular flexibility index (Phi) is 3.70. The quantitative estimate of drug-likeness (QED) is 0.828. The van der Waals surface area contributed by atoms with Gasteiger partial charge in [0.05, 0.1) is 0 Å². The van der Waals surface area contributed by atoms with Crippen molar-refractivity contribution in [3.8, 4) is 0 Å². The van der Waals surface area contributed by atoms with Gasteiger partial charge in [0.25, 0.3) is 0 Å². The van der Waals surface area contributed by atoms with Crippen LogP contribution in [-0.4, -0.2) is 13.1 Å². The SMILES string of the molecule is CC1CNCCC1c1cc(Cl)ccc1Br. The molecule has 0 aromatic heterocycles. The zero-order valence-corrected chi connectivity index (χ0v) is 11.1. The molecule has 1 aromatic carbocycles. The number of benzene rings is 1. The summed E-state index contributed by atoms with van der Waals surface area (Å²) in [6, 6.07) is 6.07. The maximum Gasteiger partial charge on any atom is 0.0409 e. The molecule has 1 heterocycles. The highest BCUT2D eigenvalue weighted by Gasteiger charge is 2.24. The second kappa shape index (κ2) is 4.86. The molecule has 0 aliphatic carbocycles. The third-order valence-electron chi connectivity index (χ3n) is 3.14. The minimum absolute atomic E-state index is 0.624. The van der Waals surface area contributed by atoms with E-state index in [4.69, 9.17) is 11.6 Å². The molecule has 1 aliphatic rings. The summed E-state index contributed by atoms with van der Waals surface area (Å²) in [7, 11) is 0. The molecule has 0 amide bonds. The van der Waals surface area contributed by atoms with Gasteiger partial charge in [-0.15, -0.1) is 0 Å².